The second kappa shape index (κ2) is 11.2. The molecule has 31 heavy (non-hydrogen) atoms. The number of anilines is 1. The van der Waals surface area contributed by atoms with Gasteiger partial charge in [-0.1, -0.05) is 24.3 Å². The normalized spacial score (nSPS) is 16.5. The third-order valence-corrected chi connectivity index (χ3v) is 5.53. The van der Waals surface area contributed by atoms with Gasteiger partial charge in [0, 0.05) is 45.3 Å². The number of carbonyl (C=O) groups is 1. The average Bonchev–Trinajstić information content (AvgIpc) is 2.83. The Morgan fingerprint density at radius 2 is 2.06 bits per heavy atom. The van der Waals surface area contributed by atoms with E-state index in [0.717, 1.165) is 61.9 Å². The van der Waals surface area contributed by atoms with Crippen LogP contribution in [0.5, 0.6) is 5.75 Å². The summed E-state index contributed by atoms with van der Waals surface area (Å²) in [5.41, 5.74) is 2.93. The predicted molar refractivity (Wildman–Crippen MR) is 126 cm³/mol. The third-order valence-electron chi connectivity index (χ3n) is 5.53. The molecule has 0 radical (unpaired) electrons. The minimum absolute atomic E-state index is 0.0656. The Bertz CT molecular complexity index is 899. The summed E-state index contributed by atoms with van der Waals surface area (Å²) in [6.07, 6.45) is 3.02. The van der Waals surface area contributed by atoms with Gasteiger partial charge in [-0.15, -0.1) is 0 Å². The van der Waals surface area contributed by atoms with Crippen LogP contribution in [0.3, 0.4) is 0 Å². The first-order valence-corrected chi connectivity index (χ1v) is 10.8. The van der Waals surface area contributed by atoms with Crippen LogP contribution in [0.1, 0.15) is 28.8 Å². The Kier molecular flexibility index (Phi) is 8.15. The SMILES string of the molecule is CN=C(NCCc1cccc(C(=O)NC)c1)NC1CCCN(c2ccccc2OC)C1. The standard InChI is InChI=1S/C24H33N5O2/c1-25-23(30)19-9-6-8-18(16-19)13-14-27-24(26-2)28-20-10-7-15-29(17-20)21-11-4-5-12-22(21)31-3/h4-6,8-9,11-12,16,20H,7,10,13-15,17H2,1-3H3,(H,25,30)(H2,26,27,28). The number of nitrogens with one attached hydrogen (secondary N) is 3. The van der Waals surface area contributed by atoms with E-state index in [4.69, 9.17) is 4.74 Å². The average molecular weight is 424 g/mol. The Morgan fingerprint density at radius 1 is 1.23 bits per heavy atom. The van der Waals surface area contributed by atoms with Crippen molar-refractivity contribution in [1.82, 2.24) is 16.0 Å². The molecular weight excluding hydrogens is 390 g/mol. The van der Waals surface area contributed by atoms with Gasteiger partial charge >= 0.3 is 0 Å². The molecule has 1 aliphatic rings. The molecule has 1 heterocycles. The fraction of sp³-hybridized carbons (Fsp3) is 0.417. The molecule has 1 atom stereocenters. The number of ether oxygens (including phenoxy) is 1. The smallest absolute Gasteiger partial charge is 0.251 e. The number of benzene rings is 2. The minimum Gasteiger partial charge on any atom is -0.495 e. The second-order valence-corrected chi connectivity index (χ2v) is 7.63. The number of nitrogens with zero attached hydrogens (tertiary/aromatic N) is 2. The molecule has 2 aromatic carbocycles. The van der Waals surface area contributed by atoms with Crippen molar-refractivity contribution in [3.05, 3.63) is 59.7 Å². The monoisotopic (exact) mass is 423 g/mol. The van der Waals surface area contributed by atoms with Crippen molar-refractivity contribution in [2.24, 2.45) is 4.99 Å². The van der Waals surface area contributed by atoms with E-state index >= 15 is 0 Å². The molecule has 0 aliphatic carbocycles. The molecule has 0 saturated carbocycles. The number of para-hydroxylation sites is 2. The molecule has 7 nitrogen and oxygen atoms in total. The van der Waals surface area contributed by atoms with Gasteiger partial charge in [-0.05, 0) is 49.1 Å². The zero-order chi connectivity index (χ0) is 22.1. The zero-order valence-electron chi connectivity index (χ0n) is 18.6. The second-order valence-electron chi connectivity index (χ2n) is 7.63. The van der Waals surface area contributed by atoms with Crippen LogP contribution in [-0.2, 0) is 6.42 Å². The van der Waals surface area contributed by atoms with Gasteiger partial charge < -0.3 is 25.6 Å². The van der Waals surface area contributed by atoms with Crippen LogP contribution >= 0.6 is 0 Å². The van der Waals surface area contributed by atoms with E-state index in [1.54, 1.807) is 21.2 Å². The number of hydrogen-bond acceptors (Lipinski definition) is 4. The number of carbonyl (C=O) groups excluding carboxylic acids is 1. The molecular formula is C24H33N5O2. The van der Waals surface area contributed by atoms with Crippen molar-refractivity contribution in [1.29, 1.82) is 0 Å². The lowest BCUT2D eigenvalue weighted by molar-refractivity contribution is 0.0963. The van der Waals surface area contributed by atoms with Gasteiger partial charge in [-0.2, -0.15) is 0 Å². The van der Waals surface area contributed by atoms with Crippen molar-refractivity contribution >= 4 is 17.6 Å². The van der Waals surface area contributed by atoms with E-state index in [1.807, 2.05) is 36.4 Å². The highest BCUT2D eigenvalue weighted by molar-refractivity contribution is 5.94. The lowest BCUT2D eigenvalue weighted by atomic mass is 10.0. The highest BCUT2D eigenvalue weighted by Gasteiger charge is 2.22. The quantitative estimate of drug-likeness (QED) is 0.471. The van der Waals surface area contributed by atoms with E-state index < -0.39 is 0 Å². The summed E-state index contributed by atoms with van der Waals surface area (Å²) >= 11 is 0. The zero-order valence-corrected chi connectivity index (χ0v) is 18.6. The summed E-state index contributed by atoms with van der Waals surface area (Å²) in [5, 5.41) is 9.62. The van der Waals surface area contributed by atoms with Crippen LogP contribution in [0.25, 0.3) is 0 Å². The summed E-state index contributed by atoms with van der Waals surface area (Å²) in [7, 11) is 5.16. The molecule has 1 unspecified atom stereocenters. The molecule has 7 heteroatoms. The fourth-order valence-corrected chi connectivity index (χ4v) is 3.93. The summed E-state index contributed by atoms with van der Waals surface area (Å²) < 4.78 is 5.54. The fourth-order valence-electron chi connectivity index (χ4n) is 3.93. The Morgan fingerprint density at radius 3 is 2.84 bits per heavy atom. The van der Waals surface area contributed by atoms with Gasteiger partial charge in [0.15, 0.2) is 5.96 Å². The topological polar surface area (TPSA) is 78.0 Å². The summed E-state index contributed by atoms with van der Waals surface area (Å²) in [6.45, 7) is 2.65. The minimum atomic E-state index is -0.0656. The molecule has 1 aliphatic heterocycles. The molecule has 3 N–H and O–H groups in total. The Labute approximate surface area is 184 Å². The van der Waals surface area contributed by atoms with Crippen LogP contribution in [0.2, 0.25) is 0 Å². The molecule has 0 spiro atoms. The molecule has 1 saturated heterocycles. The highest BCUT2D eigenvalue weighted by atomic mass is 16.5. The molecule has 166 valence electrons. The van der Waals surface area contributed by atoms with Crippen molar-refractivity contribution in [2.75, 3.05) is 45.7 Å². The first kappa shape index (κ1) is 22.5. The molecule has 0 bridgehead atoms. The number of rotatable bonds is 7. The molecule has 2 aromatic rings. The number of methoxy groups -OCH3 is 1. The van der Waals surface area contributed by atoms with Crippen molar-refractivity contribution < 1.29 is 9.53 Å². The van der Waals surface area contributed by atoms with Gasteiger partial charge in [0.2, 0.25) is 0 Å². The van der Waals surface area contributed by atoms with Crippen molar-refractivity contribution in [3.8, 4) is 5.75 Å². The van der Waals surface area contributed by atoms with Crippen molar-refractivity contribution in [3.63, 3.8) is 0 Å². The summed E-state index contributed by atoms with van der Waals surface area (Å²) in [5.74, 6) is 1.64. The summed E-state index contributed by atoms with van der Waals surface area (Å²) in [6, 6.07) is 16.2. The van der Waals surface area contributed by atoms with Crippen LogP contribution < -0.4 is 25.6 Å². The van der Waals surface area contributed by atoms with E-state index in [-0.39, 0.29) is 5.91 Å². The van der Waals surface area contributed by atoms with Gasteiger partial charge in [-0.3, -0.25) is 9.79 Å². The van der Waals surface area contributed by atoms with E-state index in [1.165, 1.54) is 0 Å². The van der Waals surface area contributed by atoms with Gasteiger partial charge in [0.25, 0.3) is 5.91 Å². The van der Waals surface area contributed by atoms with Gasteiger partial charge in [0.1, 0.15) is 5.75 Å². The molecule has 3 rings (SSSR count). The van der Waals surface area contributed by atoms with Crippen LogP contribution in [-0.4, -0.2) is 58.7 Å². The first-order chi connectivity index (χ1) is 15.1. The maximum absolute atomic E-state index is 11.8. The van der Waals surface area contributed by atoms with E-state index in [9.17, 15) is 4.79 Å². The van der Waals surface area contributed by atoms with E-state index in [0.29, 0.717) is 11.6 Å². The molecule has 1 fully saturated rings. The van der Waals surface area contributed by atoms with Crippen LogP contribution in [0.4, 0.5) is 5.69 Å². The predicted octanol–water partition coefficient (Wildman–Crippen LogP) is 2.43. The van der Waals surface area contributed by atoms with Gasteiger partial charge in [-0.25, -0.2) is 0 Å². The summed E-state index contributed by atoms with van der Waals surface area (Å²) in [4.78, 5) is 18.6. The first-order valence-electron chi connectivity index (χ1n) is 10.8. The number of piperidine rings is 1. The Hall–Kier alpha value is -3.22. The number of amides is 1. The Balaban J connectivity index is 1.52. The third kappa shape index (κ3) is 6.13. The maximum Gasteiger partial charge on any atom is 0.251 e. The molecule has 0 aromatic heterocycles. The lowest BCUT2D eigenvalue weighted by Crippen LogP contribution is -2.51. The maximum atomic E-state index is 11.8. The van der Waals surface area contributed by atoms with Gasteiger partial charge in [0.05, 0.1) is 12.8 Å². The number of aliphatic imine (C=N–C) groups is 1. The highest BCUT2D eigenvalue weighted by Crippen LogP contribution is 2.29. The number of hydrogen-bond donors (Lipinski definition) is 3. The van der Waals surface area contributed by atoms with Crippen LogP contribution in [0.15, 0.2) is 53.5 Å². The number of guanidine groups is 1. The lowest BCUT2D eigenvalue weighted by Gasteiger charge is -2.36. The largest absolute Gasteiger partial charge is 0.495 e. The van der Waals surface area contributed by atoms with Crippen LogP contribution in [0, 0.1) is 0 Å². The van der Waals surface area contributed by atoms with E-state index in [2.05, 4.69) is 38.0 Å². The molecule has 1 amide bonds. The van der Waals surface area contributed by atoms with Crippen molar-refractivity contribution in [2.45, 2.75) is 25.3 Å².